The highest BCUT2D eigenvalue weighted by atomic mass is 35.5. The van der Waals surface area contributed by atoms with Crippen LogP contribution in [-0.2, 0) is 0 Å². The molecule has 0 amide bonds. The third kappa shape index (κ3) is 3.12. The first-order valence-electron chi connectivity index (χ1n) is 7.32. The first kappa shape index (κ1) is 16.7. The first-order chi connectivity index (χ1) is 12.0. The van der Waals surface area contributed by atoms with Gasteiger partial charge in [0.2, 0.25) is 11.1 Å². The van der Waals surface area contributed by atoms with Crippen molar-refractivity contribution >= 4 is 28.5 Å². The maximum Gasteiger partial charge on any atom is 0.360 e. The number of rotatable bonds is 5. The van der Waals surface area contributed by atoms with Crippen LogP contribution in [0.2, 0.25) is 5.02 Å². The highest BCUT2D eigenvalue weighted by Gasteiger charge is 2.20. The number of carbonyl (C=O) groups is 1. The zero-order chi connectivity index (χ0) is 18.0. The van der Waals surface area contributed by atoms with E-state index in [0.29, 0.717) is 16.2 Å². The second kappa shape index (κ2) is 6.78. The molecule has 0 atom stereocenters. The van der Waals surface area contributed by atoms with Crippen molar-refractivity contribution in [3.05, 3.63) is 76.1 Å². The SMILES string of the molecule is C=CCOc1cccc2c1c(=O)c(C(=O)O)nn2-c1ccc(Cl)cc1. The van der Waals surface area contributed by atoms with E-state index in [1.807, 2.05) is 0 Å². The predicted molar refractivity (Wildman–Crippen MR) is 95.0 cm³/mol. The van der Waals surface area contributed by atoms with Crippen LogP contribution in [0.4, 0.5) is 0 Å². The number of benzene rings is 2. The third-order valence-corrected chi connectivity index (χ3v) is 3.76. The minimum Gasteiger partial charge on any atom is -0.489 e. The van der Waals surface area contributed by atoms with Crippen LogP contribution in [-0.4, -0.2) is 27.5 Å². The Morgan fingerprint density at radius 3 is 2.64 bits per heavy atom. The van der Waals surface area contributed by atoms with Crippen molar-refractivity contribution in [1.82, 2.24) is 9.78 Å². The number of halogens is 1. The second-order valence-electron chi connectivity index (χ2n) is 5.12. The zero-order valence-corrected chi connectivity index (χ0v) is 13.7. The fraction of sp³-hybridized carbons (Fsp3) is 0.0556. The molecule has 0 aliphatic heterocycles. The summed E-state index contributed by atoms with van der Waals surface area (Å²) in [5, 5.41) is 14.0. The van der Waals surface area contributed by atoms with Crippen LogP contribution in [0.15, 0.2) is 59.9 Å². The first-order valence-corrected chi connectivity index (χ1v) is 7.69. The van der Waals surface area contributed by atoms with Gasteiger partial charge < -0.3 is 9.84 Å². The van der Waals surface area contributed by atoms with Gasteiger partial charge in [-0.2, -0.15) is 5.10 Å². The molecule has 1 heterocycles. The summed E-state index contributed by atoms with van der Waals surface area (Å²) >= 11 is 5.90. The highest BCUT2D eigenvalue weighted by molar-refractivity contribution is 6.30. The van der Waals surface area contributed by atoms with Gasteiger partial charge in [-0.05, 0) is 36.4 Å². The second-order valence-corrected chi connectivity index (χ2v) is 5.56. The average molecular weight is 357 g/mol. The molecule has 0 aliphatic carbocycles. The average Bonchev–Trinajstić information content (AvgIpc) is 2.61. The summed E-state index contributed by atoms with van der Waals surface area (Å²) < 4.78 is 6.91. The molecule has 0 saturated heterocycles. The largest absolute Gasteiger partial charge is 0.489 e. The van der Waals surface area contributed by atoms with Gasteiger partial charge in [0.15, 0.2) is 0 Å². The number of hydrogen-bond acceptors (Lipinski definition) is 4. The van der Waals surface area contributed by atoms with E-state index in [9.17, 15) is 14.7 Å². The van der Waals surface area contributed by atoms with Crippen LogP contribution in [0, 0.1) is 0 Å². The van der Waals surface area contributed by atoms with E-state index in [2.05, 4.69) is 11.7 Å². The minimum atomic E-state index is -1.41. The molecule has 0 bridgehead atoms. The number of aromatic nitrogens is 2. The van der Waals surface area contributed by atoms with Crippen LogP contribution < -0.4 is 10.2 Å². The monoisotopic (exact) mass is 356 g/mol. The Kier molecular flexibility index (Phi) is 4.54. The topological polar surface area (TPSA) is 81.4 Å². The number of carboxylic acid groups (broad SMARTS) is 1. The van der Waals surface area contributed by atoms with E-state index in [-0.39, 0.29) is 17.7 Å². The number of carboxylic acids is 1. The van der Waals surface area contributed by atoms with Gasteiger partial charge in [-0.1, -0.05) is 30.3 Å². The van der Waals surface area contributed by atoms with Gasteiger partial charge in [-0.3, -0.25) is 4.79 Å². The fourth-order valence-electron chi connectivity index (χ4n) is 2.43. The lowest BCUT2D eigenvalue weighted by molar-refractivity contribution is 0.0687. The summed E-state index contributed by atoms with van der Waals surface area (Å²) in [7, 11) is 0. The molecule has 2 aromatic carbocycles. The van der Waals surface area contributed by atoms with Crippen LogP contribution in [0.1, 0.15) is 10.5 Å². The Morgan fingerprint density at radius 1 is 1.28 bits per heavy atom. The molecule has 0 unspecified atom stereocenters. The van der Waals surface area contributed by atoms with Gasteiger partial charge >= 0.3 is 5.97 Å². The smallest absolute Gasteiger partial charge is 0.360 e. The molecule has 1 N–H and O–H groups in total. The van der Waals surface area contributed by atoms with Crippen molar-refractivity contribution in [2.75, 3.05) is 6.61 Å². The molecule has 0 fully saturated rings. The molecule has 1 aromatic heterocycles. The summed E-state index contributed by atoms with van der Waals surface area (Å²) in [5.41, 5.74) is -0.291. The summed E-state index contributed by atoms with van der Waals surface area (Å²) in [4.78, 5) is 24.1. The number of nitrogens with zero attached hydrogens (tertiary/aromatic N) is 2. The molecule has 0 spiro atoms. The van der Waals surface area contributed by atoms with Gasteiger partial charge in [-0.15, -0.1) is 0 Å². The van der Waals surface area contributed by atoms with Gasteiger partial charge in [0.1, 0.15) is 12.4 Å². The molecule has 0 radical (unpaired) electrons. The quantitative estimate of drug-likeness (QED) is 0.709. The number of fused-ring (bicyclic) bond motifs is 1. The van der Waals surface area contributed by atoms with Crippen molar-refractivity contribution in [1.29, 1.82) is 0 Å². The van der Waals surface area contributed by atoms with E-state index in [4.69, 9.17) is 16.3 Å². The molecule has 0 aliphatic rings. The molecular weight excluding hydrogens is 344 g/mol. The van der Waals surface area contributed by atoms with Gasteiger partial charge in [0.25, 0.3) is 0 Å². The van der Waals surface area contributed by atoms with E-state index >= 15 is 0 Å². The third-order valence-electron chi connectivity index (χ3n) is 3.51. The van der Waals surface area contributed by atoms with Crippen LogP contribution >= 0.6 is 11.6 Å². The maximum absolute atomic E-state index is 12.6. The predicted octanol–water partition coefficient (Wildman–Crippen LogP) is 3.30. The van der Waals surface area contributed by atoms with Crippen LogP contribution in [0.5, 0.6) is 5.75 Å². The Morgan fingerprint density at radius 2 is 2.00 bits per heavy atom. The van der Waals surface area contributed by atoms with Crippen molar-refractivity contribution in [3.8, 4) is 11.4 Å². The summed E-state index contributed by atoms with van der Waals surface area (Å²) in [6.07, 6.45) is 1.54. The van der Waals surface area contributed by atoms with Gasteiger partial charge in [0, 0.05) is 5.02 Å². The summed E-state index contributed by atoms with van der Waals surface area (Å²) in [6, 6.07) is 11.6. The molecular formula is C18H13ClN2O4. The Bertz CT molecular complexity index is 1030. The Hall–Kier alpha value is -3.12. The van der Waals surface area contributed by atoms with Gasteiger partial charge in [-0.25, -0.2) is 9.48 Å². The van der Waals surface area contributed by atoms with Crippen molar-refractivity contribution in [2.24, 2.45) is 0 Å². The lowest BCUT2D eigenvalue weighted by atomic mass is 10.1. The fourth-order valence-corrected chi connectivity index (χ4v) is 2.56. The standard InChI is InChI=1S/C18H13ClN2O4/c1-2-10-25-14-5-3-4-13-15(14)17(22)16(18(23)24)20-21(13)12-8-6-11(19)7-9-12/h2-9H,1,10H2,(H,23,24). The number of aromatic carboxylic acids is 1. The highest BCUT2D eigenvalue weighted by Crippen LogP contribution is 2.25. The van der Waals surface area contributed by atoms with E-state index in [0.717, 1.165) is 0 Å². The molecule has 6 nitrogen and oxygen atoms in total. The maximum atomic E-state index is 12.6. The molecule has 0 saturated carbocycles. The van der Waals surface area contributed by atoms with Crippen LogP contribution in [0.25, 0.3) is 16.6 Å². The Balaban J connectivity index is 2.38. The van der Waals surface area contributed by atoms with Crippen LogP contribution in [0.3, 0.4) is 0 Å². The van der Waals surface area contributed by atoms with Crippen molar-refractivity contribution in [2.45, 2.75) is 0 Å². The minimum absolute atomic E-state index is 0.145. The normalized spacial score (nSPS) is 10.6. The molecule has 3 aromatic rings. The number of hydrogen-bond donors (Lipinski definition) is 1. The van der Waals surface area contributed by atoms with Crippen molar-refractivity contribution in [3.63, 3.8) is 0 Å². The van der Waals surface area contributed by atoms with E-state index in [1.165, 1.54) is 10.8 Å². The molecule has 126 valence electrons. The lowest BCUT2D eigenvalue weighted by Gasteiger charge is -2.13. The molecule has 7 heteroatoms. The van der Waals surface area contributed by atoms with Gasteiger partial charge in [0.05, 0.1) is 16.6 Å². The van der Waals surface area contributed by atoms with E-state index < -0.39 is 17.1 Å². The summed E-state index contributed by atoms with van der Waals surface area (Å²) in [5.74, 6) is -1.14. The summed E-state index contributed by atoms with van der Waals surface area (Å²) in [6.45, 7) is 3.75. The number of ether oxygens (including phenoxy) is 1. The van der Waals surface area contributed by atoms with Crippen molar-refractivity contribution < 1.29 is 14.6 Å². The lowest BCUT2D eigenvalue weighted by Crippen LogP contribution is -2.23. The molecule has 3 rings (SSSR count). The molecule has 25 heavy (non-hydrogen) atoms. The zero-order valence-electron chi connectivity index (χ0n) is 13.0. The van der Waals surface area contributed by atoms with E-state index in [1.54, 1.807) is 42.5 Å². The Labute approximate surface area is 147 Å².